The van der Waals surface area contributed by atoms with Crippen molar-refractivity contribution in [3.8, 4) is 0 Å². The summed E-state index contributed by atoms with van der Waals surface area (Å²) in [5, 5.41) is 0. The Hall–Kier alpha value is -8.35. The van der Waals surface area contributed by atoms with Gasteiger partial charge in [-0.05, 0) is 362 Å². The Kier molecular flexibility index (Phi) is 45.4. The Morgan fingerprint density at radius 2 is 0.342 bits per heavy atom. The Balaban J connectivity index is 0.000000230. The molecular formula is C110H130F5S5. The minimum Gasteiger partial charge on any atom is -0.269 e. The van der Waals surface area contributed by atoms with E-state index in [1.807, 2.05) is 60.7 Å². The SMILES string of the molecule is CCCCc1ccc(C2CC=C(c3ccc([S])cc3)CC2)cc1.CCCCc1ccc(C2CC=C(c3ccc([S])cc3)CC2)cc1.CCCCc1ccc(C2CC=C(c3ccc([S])cc3)CC2)cc1.CCCCc1ccc(C2CC=C(c3ccc([S])cc3)CC2)cc1.CCCCc1ccc(C2CC=C(c3ccc([S])cc3)CC2)cc1.F.F.F.F.F. The lowest BCUT2D eigenvalue weighted by Crippen LogP contribution is -2.04. The summed E-state index contributed by atoms with van der Waals surface area (Å²) in [4.78, 5) is 4.61. The molecule has 120 heavy (non-hydrogen) atoms. The Bertz CT molecular complexity index is 3980. The fraction of sp³-hybridized carbons (Fsp3) is 0.364. The van der Waals surface area contributed by atoms with E-state index in [1.165, 1.54) is 272 Å². The summed E-state index contributed by atoms with van der Waals surface area (Å²) in [6.45, 7) is 11.3. The van der Waals surface area contributed by atoms with Crippen LogP contribution in [0.15, 0.2) is 298 Å². The van der Waals surface area contributed by atoms with Gasteiger partial charge in [-0.1, -0.05) is 342 Å². The molecule has 5 aliphatic carbocycles. The summed E-state index contributed by atoms with van der Waals surface area (Å²) in [7, 11) is 0. The number of halogens is 5. The lowest BCUT2D eigenvalue weighted by Gasteiger charge is -2.23. The van der Waals surface area contributed by atoms with Gasteiger partial charge in [-0.15, -0.1) is 0 Å². The van der Waals surface area contributed by atoms with Crippen LogP contribution < -0.4 is 0 Å². The summed E-state index contributed by atoms with van der Waals surface area (Å²) in [6, 6.07) is 88.7. The Labute approximate surface area is 746 Å². The molecule has 5 unspecified atom stereocenters. The fourth-order valence-corrected chi connectivity index (χ4v) is 17.7. The van der Waals surface area contributed by atoms with E-state index in [-0.39, 0.29) is 23.5 Å². The van der Waals surface area contributed by atoms with E-state index in [1.54, 1.807) is 0 Å². The standard InChI is InChI=1S/5C22H25S.5FH/c5*1-2-3-4-17-5-7-18(8-6-17)19-9-11-20(12-10-19)21-13-15-22(23)16-14-21;;;;;/h5*5-8,11,13-16,19H,2-4,9-10,12H2,1H3;5*1H. The van der Waals surface area contributed by atoms with Crippen LogP contribution in [0.3, 0.4) is 0 Å². The number of rotatable bonds is 25. The third-order valence-electron chi connectivity index (χ3n) is 24.5. The molecular weight excluding hydrogens is 1580 g/mol. The predicted molar refractivity (Wildman–Crippen MR) is 522 cm³/mol. The van der Waals surface area contributed by atoms with E-state index in [2.05, 4.69) is 247 Å². The second kappa shape index (κ2) is 54.2. The van der Waals surface area contributed by atoms with Crippen LogP contribution in [0.2, 0.25) is 0 Å². The van der Waals surface area contributed by atoms with Crippen molar-refractivity contribution in [1.82, 2.24) is 0 Å². The van der Waals surface area contributed by atoms with Gasteiger partial charge in [0.05, 0.1) is 0 Å². The van der Waals surface area contributed by atoms with Gasteiger partial charge in [0, 0.05) is 24.5 Å². The summed E-state index contributed by atoms with van der Waals surface area (Å²) in [5.41, 5.74) is 29.0. The third kappa shape index (κ3) is 31.8. The topological polar surface area (TPSA) is 0 Å². The van der Waals surface area contributed by atoms with Gasteiger partial charge in [-0.2, -0.15) is 0 Å². The van der Waals surface area contributed by atoms with Gasteiger partial charge in [0.1, 0.15) is 0 Å². The molecule has 10 aromatic carbocycles. The molecule has 10 aromatic rings. The molecule has 0 amide bonds. The van der Waals surface area contributed by atoms with Crippen molar-refractivity contribution in [2.45, 2.75) is 281 Å². The van der Waals surface area contributed by atoms with Gasteiger partial charge in [-0.25, -0.2) is 0 Å². The highest BCUT2D eigenvalue weighted by Crippen LogP contribution is 2.42. The predicted octanol–water partition coefficient (Wildman–Crippen LogP) is 35.4. The number of unbranched alkanes of at least 4 members (excludes halogenated alkanes) is 5. The van der Waals surface area contributed by atoms with Gasteiger partial charge in [0.15, 0.2) is 0 Å². The van der Waals surface area contributed by atoms with Crippen LogP contribution in [-0.4, -0.2) is 0 Å². The van der Waals surface area contributed by atoms with Crippen molar-refractivity contribution in [2.75, 3.05) is 0 Å². The van der Waals surface area contributed by atoms with Gasteiger partial charge in [-0.3, -0.25) is 23.5 Å². The van der Waals surface area contributed by atoms with E-state index in [4.69, 9.17) is 63.1 Å². The lowest BCUT2D eigenvalue weighted by molar-refractivity contribution is 0.625. The van der Waals surface area contributed by atoms with Crippen LogP contribution in [0, 0.1) is 0 Å². The molecule has 0 bridgehead atoms. The maximum Gasteiger partial charge on any atom is 0.0377 e. The highest BCUT2D eigenvalue weighted by molar-refractivity contribution is 7.81. The summed E-state index contributed by atoms with van der Waals surface area (Å²) >= 11 is 25.9. The fourth-order valence-electron chi connectivity index (χ4n) is 17.0. The zero-order chi connectivity index (χ0) is 80.4. The number of aryl methyl sites for hydroxylation is 5. The van der Waals surface area contributed by atoms with Gasteiger partial charge < -0.3 is 0 Å². The molecule has 15 rings (SSSR count). The first-order valence-corrected chi connectivity index (χ1v) is 46.1. The molecule has 0 fully saturated rings. The zero-order valence-electron chi connectivity index (χ0n) is 71.7. The van der Waals surface area contributed by atoms with Crippen LogP contribution in [-0.2, 0) is 32.1 Å². The second-order valence-corrected chi connectivity index (χ2v) is 35.2. The van der Waals surface area contributed by atoms with Crippen molar-refractivity contribution in [1.29, 1.82) is 0 Å². The molecule has 0 N–H and O–H groups in total. The van der Waals surface area contributed by atoms with Crippen LogP contribution in [0.5, 0.6) is 0 Å². The average Bonchev–Trinajstić information content (AvgIpc) is 0.852. The molecule has 0 saturated heterocycles. The molecule has 0 aliphatic heterocycles. The molecule has 0 saturated carbocycles. The lowest BCUT2D eigenvalue weighted by atomic mass is 9.82. The van der Waals surface area contributed by atoms with Crippen LogP contribution in [0.4, 0.5) is 23.5 Å². The summed E-state index contributed by atoms with van der Waals surface area (Å²) in [5.74, 6) is 3.39. The normalized spacial score (nSPS) is 17.0. The maximum absolute atomic E-state index is 5.17. The molecule has 0 heterocycles. The van der Waals surface area contributed by atoms with Crippen molar-refractivity contribution in [2.24, 2.45) is 0 Å². The van der Waals surface area contributed by atoms with E-state index < -0.39 is 0 Å². The monoisotopic (exact) mass is 1710 g/mol. The minimum absolute atomic E-state index is 0. The first-order valence-electron chi connectivity index (χ1n) is 44.1. The van der Waals surface area contributed by atoms with Crippen LogP contribution in [0.1, 0.15) is 308 Å². The molecule has 5 atom stereocenters. The van der Waals surface area contributed by atoms with Crippen molar-refractivity contribution in [3.63, 3.8) is 0 Å². The molecule has 0 spiro atoms. The molecule has 635 valence electrons. The third-order valence-corrected chi connectivity index (χ3v) is 25.9. The quantitative estimate of drug-likeness (QED) is 0.0500. The molecule has 0 aromatic heterocycles. The first-order chi connectivity index (χ1) is 56.3. The Morgan fingerprint density at radius 1 is 0.200 bits per heavy atom. The van der Waals surface area contributed by atoms with E-state index in [9.17, 15) is 0 Å². The minimum atomic E-state index is 0. The largest absolute Gasteiger partial charge is 0.269 e. The van der Waals surface area contributed by atoms with Crippen molar-refractivity contribution >= 4 is 91.0 Å². The van der Waals surface area contributed by atoms with E-state index >= 15 is 0 Å². The molecule has 5 radical (unpaired) electrons. The number of benzene rings is 10. The van der Waals surface area contributed by atoms with Crippen LogP contribution >= 0.6 is 63.1 Å². The van der Waals surface area contributed by atoms with Crippen molar-refractivity contribution in [3.05, 3.63) is 356 Å². The summed E-state index contributed by atoms with van der Waals surface area (Å²) in [6.07, 6.45) is 48.8. The first kappa shape index (κ1) is 100. The molecule has 5 aliphatic rings. The molecule has 10 heteroatoms. The second-order valence-electron chi connectivity index (χ2n) is 32.9. The van der Waals surface area contributed by atoms with Crippen LogP contribution in [0.25, 0.3) is 27.9 Å². The van der Waals surface area contributed by atoms with Gasteiger partial charge in [0.2, 0.25) is 0 Å². The van der Waals surface area contributed by atoms with Gasteiger partial charge >= 0.3 is 0 Å². The van der Waals surface area contributed by atoms with Crippen molar-refractivity contribution < 1.29 is 23.5 Å². The highest BCUT2D eigenvalue weighted by Gasteiger charge is 2.23. The number of allylic oxidation sites excluding steroid dienone is 10. The highest BCUT2D eigenvalue weighted by atomic mass is 32.1. The number of hydrogen-bond acceptors (Lipinski definition) is 0. The molecule has 0 nitrogen and oxygen atoms in total. The number of hydrogen-bond donors (Lipinski definition) is 0. The zero-order valence-corrected chi connectivity index (χ0v) is 75.7. The van der Waals surface area contributed by atoms with Gasteiger partial charge in [0.25, 0.3) is 0 Å². The smallest absolute Gasteiger partial charge is 0.0377 e. The Morgan fingerprint density at radius 3 is 0.458 bits per heavy atom. The maximum atomic E-state index is 5.17. The van der Waals surface area contributed by atoms with E-state index in [0.717, 1.165) is 56.6 Å². The average molecular weight is 1710 g/mol. The summed E-state index contributed by atoms with van der Waals surface area (Å²) < 4.78 is 0. The van der Waals surface area contributed by atoms with E-state index in [0.29, 0.717) is 29.6 Å².